The lowest BCUT2D eigenvalue weighted by Crippen LogP contribution is -2.43. The number of furan rings is 1. The van der Waals surface area contributed by atoms with Crippen LogP contribution in [0.1, 0.15) is 45.6 Å². The molecule has 1 rings (SSSR count). The third kappa shape index (κ3) is 7.53. The van der Waals surface area contributed by atoms with Crippen molar-refractivity contribution in [1.29, 1.82) is 0 Å². The number of ether oxygens (including phenoxy) is 1. The maximum Gasteiger partial charge on any atom is 0.193 e. The van der Waals surface area contributed by atoms with E-state index in [9.17, 15) is 0 Å². The summed E-state index contributed by atoms with van der Waals surface area (Å²) < 4.78 is 17.5. The molecular formula is C21H32O3Si. The molecule has 0 bridgehead atoms. The zero-order valence-corrected chi connectivity index (χ0v) is 17.6. The lowest BCUT2D eigenvalue weighted by Gasteiger charge is -2.38. The lowest BCUT2D eigenvalue weighted by atomic mass is 10.2. The zero-order valence-electron chi connectivity index (χ0n) is 16.6. The molecule has 0 radical (unpaired) electrons. The first-order valence-electron chi connectivity index (χ1n) is 8.94. The van der Waals surface area contributed by atoms with Gasteiger partial charge in [-0.25, -0.2) is 0 Å². The maximum absolute atomic E-state index is 6.49. The molecule has 1 heterocycles. The summed E-state index contributed by atoms with van der Waals surface area (Å²) in [6.45, 7) is 13.9. The predicted molar refractivity (Wildman–Crippen MR) is 106 cm³/mol. The number of aryl methyl sites for hydroxylation is 2. The Hall–Kier alpha value is -1.46. The minimum absolute atomic E-state index is 0.120. The Balaban J connectivity index is 2.74. The summed E-state index contributed by atoms with van der Waals surface area (Å²) >= 11 is 0. The van der Waals surface area contributed by atoms with Crippen LogP contribution in [0.2, 0.25) is 18.1 Å². The molecule has 138 valence electrons. The molecule has 0 aromatic carbocycles. The van der Waals surface area contributed by atoms with Gasteiger partial charge in [-0.05, 0) is 36.7 Å². The second-order valence-corrected chi connectivity index (χ2v) is 12.4. The Kier molecular flexibility index (Phi) is 8.52. The Labute approximate surface area is 154 Å². The third-order valence-corrected chi connectivity index (χ3v) is 9.07. The molecule has 0 aliphatic carbocycles. The fourth-order valence-electron chi connectivity index (χ4n) is 2.03. The second kappa shape index (κ2) is 9.87. The molecule has 4 heteroatoms. The fraction of sp³-hybridized carbons (Fsp3) is 0.619. The van der Waals surface area contributed by atoms with Crippen molar-refractivity contribution >= 4 is 8.32 Å². The van der Waals surface area contributed by atoms with Crippen LogP contribution in [0, 0.1) is 24.2 Å². The molecule has 0 aliphatic heterocycles. The minimum atomic E-state index is -1.89. The van der Waals surface area contributed by atoms with Gasteiger partial charge >= 0.3 is 0 Å². The lowest BCUT2D eigenvalue weighted by molar-refractivity contribution is 0.202. The molecule has 1 aromatic rings. The second-order valence-electron chi connectivity index (χ2n) is 7.65. The quantitative estimate of drug-likeness (QED) is 0.378. The largest absolute Gasteiger partial charge is 0.466 e. The number of hydrogen-bond donors (Lipinski definition) is 0. The highest BCUT2D eigenvalue weighted by Crippen LogP contribution is 2.37. The van der Waals surface area contributed by atoms with Gasteiger partial charge in [0.1, 0.15) is 30.8 Å². The first-order valence-corrected chi connectivity index (χ1v) is 11.9. The highest BCUT2D eigenvalue weighted by molar-refractivity contribution is 6.74. The first kappa shape index (κ1) is 21.6. The SMILES string of the molecule is C#CCOCC#CC(CCc1ccc(CC)o1)O[Si](C)(C)C(C)(C)C. The molecule has 0 aliphatic rings. The van der Waals surface area contributed by atoms with Crippen molar-refractivity contribution in [3.63, 3.8) is 0 Å². The summed E-state index contributed by atoms with van der Waals surface area (Å²) in [6, 6.07) is 4.09. The summed E-state index contributed by atoms with van der Waals surface area (Å²) in [5, 5.41) is 0.146. The maximum atomic E-state index is 6.49. The molecule has 3 nitrogen and oxygen atoms in total. The topological polar surface area (TPSA) is 31.6 Å². The van der Waals surface area contributed by atoms with E-state index >= 15 is 0 Å². The van der Waals surface area contributed by atoms with Gasteiger partial charge in [0, 0.05) is 12.8 Å². The van der Waals surface area contributed by atoms with Gasteiger partial charge in [0.15, 0.2) is 8.32 Å². The van der Waals surface area contributed by atoms with Crippen molar-refractivity contribution in [1.82, 2.24) is 0 Å². The summed E-state index contributed by atoms with van der Waals surface area (Å²) in [4.78, 5) is 0. The molecule has 1 aromatic heterocycles. The molecule has 0 amide bonds. The highest BCUT2D eigenvalue weighted by Gasteiger charge is 2.38. The Morgan fingerprint density at radius 2 is 1.88 bits per heavy atom. The van der Waals surface area contributed by atoms with Crippen molar-refractivity contribution in [2.45, 2.75) is 71.2 Å². The van der Waals surface area contributed by atoms with E-state index < -0.39 is 8.32 Å². The number of hydrogen-bond acceptors (Lipinski definition) is 3. The monoisotopic (exact) mass is 360 g/mol. The van der Waals surface area contributed by atoms with Gasteiger partial charge in [-0.1, -0.05) is 45.5 Å². The van der Waals surface area contributed by atoms with Crippen LogP contribution in [0.4, 0.5) is 0 Å². The average Bonchev–Trinajstić information content (AvgIpc) is 2.99. The smallest absolute Gasteiger partial charge is 0.193 e. The van der Waals surface area contributed by atoms with Gasteiger partial charge in [-0.15, -0.1) is 6.42 Å². The van der Waals surface area contributed by atoms with Crippen LogP contribution in [0.5, 0.6) is 0 Å². The van der Waals surface area contributed by atoms with Crippen LogP contribution in [0.3, 0.4) is 0 Å². The zero-order chi connectivity index (χ0) is 18.9. The van der Waals surface area contributed by atoms with Crippen LogP contribution in [0.15, 0.2) is 16.5 Å². The van der Waals surface area contributed by atoms with Crippen molar-refractivity contribution < 1.29 is 13.6 Å². The normalized spacial score (nSPS) is 13.0. The van der Waals surface area contributed by atoms with Gasteiger partial charge in [0.2, 0.25) is 0 Å². The van der Waals surface area contributed by atoms with Crippen LogP contribution in [0.25, 0.3) is 0 Å². The highest BCUT2D eigenvalue weighted by atomic mass is 28.4. The van der Waals surface area contributed by atoms with Gasteiger partial charge < -0.3 is 13.6 Å². The molecule has 1 atom stereocenters. The molecule has 25 heavy (non-hydrogen) atoms. The van der Waals surface area contributed by atoms with Crippen LogP contribution < -0.4 is 0 Å². The van der Waals surface area contributed by atoms with E-state index in [0.29, 0.717) is 6.61 Å². The Morgan fingerprint density at radius 1 is 1.20 bits per heavy atom. The van der Waals surface area contributed by atoms with Crippen LogP contribution in [-0.2, 0) is 22.0 Å². The third-order valence-electron chi connectivity index (χ3n) is 4.58. The molecule has 0 N–H and O–H groups in total. The van der Waals surface area contributed by atoms with Crippen LogP contribution in [-0.4, -0.2) is 27.6 Å². The van der Waals surface area contributed by atoms with Crippen molar-refractivity contribution in [3.8, 4) is 24.2 Å². The van der Waals surface area contributed by atoms with Crippen molar-refractivity contribution in [2.75, 3.05) is 13.2 Å². The van der Waals surface area contributed by atoms with Gasteiger partial charge in [-0.3, -0.25) is 0 Å². The van der Waals surface area contributed by atoms with Gasteiger partial charge in [0.25, 0.3) is 0 Å². The average molecular weight is 361 g/mol. The number of terminal acetylenes is 1. The van der Waals surface area contributed by atoms with Crippen molar-refractivity contribution in [3.05, 3.63) is 23.7 Å². The van der Waals surface area contributed by atoms with E-state index in [0.717, 1.165) is 30.8 Å². The summed E-state index contributed by atoms with van der Waals surface area (Å²) in [6.07, 6.45) is 7.60. The van der Waals surface area contributed by atoms with Gasteiger partial charge in [-0.2, -0.15) is 0 Å². The molecule has 1 unspecified atom stereocenters. The van der Waals surface area contributed by atoms with Gasteiger partial charge in [0.05, 0.1) is 0 Å². The molecule has 0 spiro atoms. The van der Waals surface area contributed by atoms with E-state index in [1.54, 1.807) is 0 Å². The molecule has 0 saturated carbocycles. The first-order chi connectivity index (χ1) is 11.7. The summed E-state index contributed by atoms with van der Waals surface area (Å²) in [7, 11) is -1.89. The van der Waals surface area contributed by atoms with E-state index in [2.05, 4.69) is 58.6 Å². The molecule has 0 fully saturated rings. The standard InChI is InChI=1S/C21H32O3Si/c1-8-16-22-17-10-11-20(24-25(6,7)21(3,4)5)15-14-19-13-12-18(9-2)23-19/h1,12-13,20H,9,14-17H2,2-7H3. The molecular weight excluding hydrogens is 328 g/mol. The Morgan fingerprint density at radius 3 is 2.44 bits per heavy atom. The van der Waals surface area contributed by atoms with E-state index in [1.807, 2.05) is 12.1 Å². The van der Waals surface area contributed by atoms with E-state index in [4.69, 9.17) is 20.0 Å². The Bertz CT molecular complexity index is 620. The summed E-state index contributed by atoms with van der Waals surface area (Å²) in [5.41, 5.74) is 0. The molecule has 0 saturated heterocycles. The minimum Gasteiger partial charge on any atom is -0.466 e. The summed E-state index contributed by atoms with van der Waals surface area (Å²) in [5.74, 6) is 10.7. The van der Waals surface area contributed by atoms with E-state index in [-0.39, 0.29) is 17.7 Å². The fourth-order valence-corrected chi connectivity index (χ4v) is 3.27. The number of rotatable bonds is 8. The van der Waals surface area contributed by atoms with Crippen LogP contribution >= 0.6 is 0 Å². The van der Waals surface area contributed by atoms with Crippen molar-refractivity contribution in [2.24, 2.45) is 0 Å². The van der Waals surface area contributed by atoms with E-state index in [1.165, 1.54) is 0 Å². The predicted octanol–water partition coefficient (Wildman–Crippen LogP) is 4.82.